The molecule has 0 aromatic heterocycles. The van der Waals surface area contributed by atoms with Gasteiger partial charge in [-0.15, -0.1) is 0 Å². The van der Waals surface area contributed by atoms with Gasteiger partial charge in [-0.25, -0.2) is 9.18 Å². The second-order valence-electron chi connectivity index (χ2n) is 8.70. The molecule has 0 fully saturated rings. The van der Waals surface area contributed by atoms with Crippen molar-refractivity contribution < 1.29 is 23.8 Å². The molecule has 0 saturated heterocycles. The van der Waals surface area contributed by atoms with E-state index in [4.69, 9.17) is 26.2 Å². The van der Waals surface area contributed by atoms with Crippen LogP contribution in [-0.4, -0.2) is 29.5 Å². The number of ether oxygens (including phenoxy) is 2. The van der Waals surface area contributed by atoms with Gasteiger partial charge in [-0.1, -0.05) is 38.4 Å². The van der Waals surface area contributed by atoms with Gasteiger partial charge >= 0.3 is 5.97 Å². The van der Waals surface area contributed by atoms with Crippen LogP contribution >= 0.6 is 11.6 Å². The molecule has 1 N–H and O–H groups in total. The number of hydrogen-bond acceptors (Lipinski definition) is 3. The predicted octanol–water partition coefficient (Wildman–Crippen LogP) is 6.98. The lowest BCUT2D eigenvalue weighted by molar-refractivity contribution is -0.131. The van der Waals surface area contributed by atoms with E-state index in [1.54, 1.807) is 13.8 Å². The van der Waals surface area contributed by atoms with Crippen LogP contribution in [0.2, 0.25) is 5.02 Å². The highest BCUT2D eigenvalue weighted by atomic mass is 35.5. The lowest BCUT2D eigenvalue weighted by Gasteiger charge is -2.34. The highest BCUT2D eigenvalue weighted by molar-refractivity contribution is 6.34. The summed E-state index contributed by atoms with van der Waals surface area (Å²) in [5.74, 6) is -0.430. The van der Waals surface area contributed by atoms with Crippen LogP contribution in [-0.2, 0) is 4.79 Å². The van der Waals surface area contributed by atoms with E-state index in [0.29, 0.717) is 34.3 Å². The Kier molecular flexibility index (Phi) is 7.98. The molecule has 2 atom stereocenters. The van der Waals surface area contributed by atoms with E-state index in [2.05, 4.69) is 19.9 Å². The number of carboxylic acids is 1. The molecule has 4 nitrogen and oxygen atoms in total. The summed E-state index contributed by atoms with van der Waals surface area (Å²) in [6.07, 6.45) is 4.59. The summed E-state index contributed by atoms with van der Waals surface area (Å²) >= 11 is 6.75. The first kappa shape index (κ1) is 25.0. The average Bonchev–Trinajstić information content (AvgIpc) is 2.66. The summed E-state index contributed by atoms with van der Waals surface area (Å²) in [6, 6.07) is 1.91. The molecule has 170 valence electrons. The van der Waals surface area contributed by atoms with Crippen molar-refractivity contribution in [2.24, 2.45) is 5.92 Å². The molecule has 2 unspecified atom stereocenters. The third kappa shape index (κ3) is 5.91. The minimum atomic E-state index is -1.36. The van der Waals surface area contributed by atoms with E-state index < -0.39 is 23.7 Å². The van der Waals surface area contributed by atoms with Gasteiger partial charge in [0.25, 0.3) is 0 Å². The summed E-state index contributed by atoms with van der Waals surface area (Å²) in [5, 5.41) is 9.17. The highest BCUT2D eigenvalue weighted by Gasteiger charge is 2.33. The van der Waals surface area contributed by atoms with Crippen LogP contribution in [0.25, 0.3) is 5.57 Å². The van der Waals surface area contributed by atoms with Crippen molar-refractivity contribution >= 4 is 23.1 Å². The Morgan fingerprint density at radius 3 is 2.55 bits per heavy atom. The third-order valence-corrected chi connectivity index (χ3v) is 5.50. The number of alkyl halides is 1. The van der Waals surface area contributed by atoms with Gasteiger partial charge in [0.15, 0.2) is 5.75 Å². The maximum atomic E-state index is 15.1. The Morgan fingerprint density at radius 1 is 1.35 bits per heavy atom. The smallest absolute Gasteiger partial charge is 0.328 e. The van der Waals surface area contributed by atoms with Crippen LogP contribution in [0.1, 0.15) is 65.5 Å². The number of fused-ring (bicyclic) bond motifs is 1. The molecule has 31 heavy (non-hydrogen) atoms. The van der Waals surface area contributed by atoms with E-state index in [9.17, 15) is 4.79 Å². The van der Waals surface area contributed by atoms with Gasteiger partial charge in [-0.2, -0.15) is 0 Å². The zero-order valence-electron chi connectivity index (χ0n) is 19.3. The molecular weight excluding hydrogens is 419 g/mol. The second kappa shape index (κ2) is 9.90. The molecule has 1 aliphatic rings. The summed E-state index contributed by atoms with van der Waals surface area (Å²) in [4.78, 5) is 10.8. The van der Waals surface area contributed by atoms with E-state index in [0.717, 1.165) is 17.2 Å². The van der Waals surface area contributed by atoms with Gasteiger partial charge < -0.3 is 14.6 Å². The van der Waals surface area contributed by atoms with Crippen molar-refractivity contribution in [3.63, 3.8) is 0 Å². The monoisotopic (exact) mass is 450 g/mol. The van der Waals surface area contributed by atoms with Gasteiger partial charge in [0, 0.05) is 23.1 Å². The summed E-state index contributed by atoms with van der Waals surface area (Å²) < 4.78 is 27.1. The molecule has 0 aliphatic carbocycles. The molecule has 1 aromatic rings. The van der Waals surface area contributed by atoms with Crippen LogP contribution in [0.5, 0.6) is 11.5 Å². The first-order valence-corrected chi connectivity index (χ1v) is 10.9. The van der Waals surface area contributed by atoms with Gasteiger partial charge in [-0.3, -0.25) is 0 Å². The number of benzene rings is 1. The molecule has 1 heterocycles. The lowest BCUT2D eigenvalue weighted by atomic mass is 9.84. The van der Waals surface area contributed by atoms with Crippen LogP contribution in [0.4, 0.5) is 4.39 Å². The number of carboxylic acid groups (broad SMARTS) is 1. The SMILES string of the molecule is CCOc1c(C(C)C(F)/C=C/C(C)=C/C(=O)O)cc2c(c1Cl)OC(C)(C)C=C2C(C)C. The average molecular weight is 451 g/mol. The molecule has 2 rings (SSSR count). The number of halogens is 2. The maximum absolute atomic E-state index is 15.1. The van der Waals surface area contributed by atoms with Crippen LogP contribution in [0, 0.1) is 5.92 Å². The molecule has 1 aromatic carbocycles. The Hall–Kier alpha value is -2.27. The van der Waals surface area contributed by atoms with Crippen LogP contribution < -0.4 is 9.47 Å². The molecule has 0 radical (unpaired) electrons. The summed E-state index contributed by atoms with van der Waals surface area (Å²) in [6.45, 7) is 13.7. The highest BCUT2D eigenvalue weighted by Crippen LogP contribution is 2.50. The van der Waals surface area contributed by atoms with E-state index in [1.807, 2.05) is 26.8 Å². The lowest BCUT2D eigenvalue weighted by Crippen LogP contribution is -2.30. The fraction of sp³-hybridized carbons (Fsp3) is 0.480. The van der Waals surface area contributed by atoms with E-state index >= 15 is 4.39 Å². The number of aliphatic carboxylic acids is 1. The molecule has 1 aliphatic heterocycles. The molecule has 0 bridgehead atoms. The molecular formula is C25H32ClFO4. The zero-order valence-corrected chi connectivity index (χ0v) is 20.0. The largest absolute Gasteiger partial charge is 0.492 e. The fourth-order valence-corrected chi connectivity index (χ4v) is 3.93. The normalized spacial score (nSPS) is 17.7. The third-order valence-electron chi connectivity index (χ3n) is 5.16. The minimum absolute atomic E-state index is 0.226. The van der Waals surface area contributed by atoms with Gasteiger partial charge in [-0.05, 0) is 63.0 Å². The van der Waals surface area contributed by atoms with Crippen molar-refractivity contribution in [3.8, 4) is 11.5 Å². The molecule has 6 heteroatoms. The first-order chi connectivity index (χ1) is 14.4. The second-order valence-corrected chi connectivity index (χ2v) is 9.08. The molecule has 0 amide bonds. The van der Waals surface area contributed by atoms with Crippen LogP contribution in [0.3, 0.4) is 0 Å². The molecule has 0 spiro atoms. The first-order valence-electron chi connectivity index (χ1n) is 10.5. The fourth-order valence-electron chi connectivity index (χ4n) is 3.63. The summed E-state index contributed by atoms with van der Waals surface area (Å²) in [7, 11) is 0. The zero-order chi connectivity index (χ0) is 23.5. The number of carbonyl (C=O) groups is 1. The molecule has 0 saturated carbocycles. The predicted molar refractivity (Wildman–Crippen MR) is 124 cm³/mol. The van der Waals surface area contributed by atoms with Crippen molar-refractivity contribution in [3.05, 3.63) is 52.1 Å². The maximum Gasteiger partial charge on any atom is 0.328 e. The Bertz CT molecular complexity index is 928. The van der Waals surface area contributed by atoms with Crippen molar-refractivity contribution in [2.45, 2.75) is 66.2 Å². The Labute approximate surface area is 189 Å². The van der Waals surface area contributed by atoms with E-state index in [-0.39, 0.29) is 5.92 Å². The standard InChI is InChI=1S/C25H32ClFO4/c1-8-30-23-17(16(5)20(27)10-9-15(4)11-21(28)29)12-18-19(14(2)3)13-25(6,7)31-24(18)22(23)26/h9-14,16,20H,8H2,1-7H3,(H,28,29)/b10-9+,15-11+. The van der Waals surface area contributed by atoms with Crippen molar-refractivity contribution in [2.75, 3.05) is 6.61 Å². The van der Waals surface area contributed by atoms with Crippen LogP contribution in [0.15, 0.2) is 35.9 Å². The summed E-state index contributed by atoms with van der Waals surface area (Å²) in [5.41, 5.74) is 2.53. The number of hydrogen-bond donors (Lipinski definition) is 1. The van der Waals surface area contributed by atoms with E-state index in [1.165, 1.54) is 12.2 Å². The number of allylic oxidation sites excluding steroid dienone is 4. The van der Waals surface area contributed by atoms with Gasteiger partial charge in [0.2, 0.25) is 0 Å². The van der Waals surface area contributed by atoms with Crippen molar-refractivity contribution in [1.82, 2.24) is 0 Å². The number of rotatable bonds is 8. The Morgan fingerprint density at radius 2 is 2.00 bits per heavy atom. The van der Waals surface area contributed by atoms with Crippen molar-refractivity contribution in [1.29, 1.82) is 0 Å². The van der Waals surface area contributed by atoms with Gasteiger partial charge in [0.05, 0.1) is 6.61 Å². The van der Waals surface area contributed by atoms with Gasteiger partial charge in [0.1, 0.15) is 22.5 Å². The minimum Gasteiger partial charge on any atom is -0.492 e. The quantitative estimate of drug-likeness (QED) is 0.343. The Balaban J connectivity index is 2.57. The topological polar surface area (TPSA) is 55.8 Å².